The smallest absolute Gasteiger partial charge is 0.299 e. The molecule has 3 rings (SSSR count). The Morgan fingerprint density at radius 2 is 1.81 bits per heavy atom. The van der Waals surface area contributed by atoms with Crippen molar-refractivity contribution in [2.45, 2.75) is 31.9 Å². The molecule has 26 heavy (non-hydrogen) atoms. The standard InChI is InChI=1S/C18H19N3O5/c1-12-4-6-13(7-5-12)18-16(3-2-10-26-18)19-15-9-8-14(20(22)23)11-17(15)21(24)25/h4-9,11,16,18-19H,2-3,10H2,1H3/t16-,18-/m1/s1. The molecule has 0 unspecified atom stereocenters. The fourth-order valence-corrected chi connectivity index (χ4v) is 3.12. The molecule has 136 valence electrons. The molecule has 0 radical (unpaired) electrons. The van der Waals surface area contributed by atoms with E-state index in [0.717, 1.165) is 30.0 Å². The summed E-state index contributed by atoms with van der Waals surface area (Å²) < 4.78 is 5.91. The minimum absolute atomic E-state index is 0.161. The van der Waals surface area contributed by atoms with Crippen LogP contribution in [0.15, 0.2) is 42.5 Å². The summed E-state index contributed by atoms with van der Waals surface area (Å²) >= 11 is 0. The molecule has 0 aliphatic carbocycles. The molecular weight excluding hydrogens is 338 g/mol. The van der Waals surface area contributed by atoms with Gasteiger partial charge in [-0.1, -0.05) is 29.8 Å². The molecule has 1 aliphatic heterocycles. The van der Waals surface area contributed by atoms with Gasteiger partial charge in [0.15, 0.2) is 0 Å². The number of non-ortho nitro benzene ring substituents is 1. The van der Waals surface area contributed by atoms with Crippen LogP contribution in [0.4, 0.5) is 17.1 Å². The van der Waals surface area contributed by atoms with E-state index in [1.54, 1.807) is 0 Å². The Hall–Kier alpha value is -3.00. The molecule has 2 aromatic carbocycles. The van der Waals surface area contributed by atoms with Crippen molar-refractivity contribution in [2.24, 2.45) is 0 Å². The van der Waals surface area contributed by atoms with Crippen LogP contribution in [0.25, 0.3) is 0 Å². The Bertz CT molecular complexity index is 822. The van der Waals surface area contributed by atoms with Gasteiger partial charge in [-0.05, 0) is 31.4 Å². The number of hydrogen-bond acceptors (Lipinski definition) is 6. The van der Waals surface area contributed by atoms with E-state index in [9.17, 15) is 20.2 Å². The Labute approximate surface area is 150 Å². The van der Waals surface area contributed by atoms with Gasteiger partial charge in [-0.25, -0.2) is 0 Å². The first-order chi connectivity index (χ1) is 12.5. The number of nitro benzene ring substituents is 2. The number of rotatable bonds is 5. The van der Waals surface area contributed by atoms with Crippen LogP contribution in [0.2, 0.25) is 0 Å². The molecule has 0 saturated carbocycles. The molecule has 1 heterocycles. The summed E-state index contributed by atoms with van der Waals surface area (Å²) in [5.41, 5.74) is 1.77. The molecular formula is C18H19N3O5. The largest absolute Gasteiger partial charge is 0.374 e. The SMILES string of the molecule is Cc1ccc([C@H]2OCCC[C@H]2Nc2ccc([N+](=O)[O-])cc2[N+](=O)[O-])cc1. The molecule has 8 nitrogen and oxygen atoms in total. The van der Waals surface area contributed by atoms with Crippen molar-refractivity contribution < 1.29 is 14.6 Å². The van der Waals surface area contributed by atoms with E-state index in [2.05, 4.69) is 5.32 Å². The minimum Gasteiger partial charge on any atom is -0.374 e. The lowest BCUT2D eigenvalue weighted by Crippen LogP contribution is -2.34. The molecule has 1 fully saturated rings. The topological polar surface area (TPSA) is 108 Å². The number of ether oxygens (including phenoxy) is 1. The Balaban J connectivity index is 1.89. The molecule has 0 aromatic heterocycles. The second-order valence-corrected chi connectivity index (χ2v) is 6.31. The maximum atomic E-state index is 11.3. The van der Waals surface area contributed by atoms with Crippen LogP contribution >= 0.6 is 0 Å². The van der Waals surface area contributed by atoms with Gasteiger partial charge in [0.2, 0.25) is 0 Å². The molecule has 2 aromatic rings. The van der Waals surface area contributed by atoms with Crippen LogP contribution in [0.3, 0.4) is 0 Å². The first-order valence-electron chi connectivity index (χ1n) is 8.33. The maximum absolute atomic E-state index is 11.3. The first-order valence-corrected chi connectivity index (χ1v) is 8.33. The fraction of sp³-hybridized carbons (Fsp3) is 0.333. The van der Waals surface area contributed by atoms with Crippen molar-refractivity contribution in [3.05, 3.63) is 73.8 Å². The van der Waals surface area contributed by atoms with E-state index >= 15 is 0 Å². The van der Waals surface area contributed by atoms with E-state index in [1.807, 2.05) is 31.2 Å². The predicted octanol–water partition coefficient (Wildman–Crippen LogP) is 4.14. The number of aryl methyl sites for hydroxylation is 1. The third kappa shape index (κ3) is 3.80. The number of nitrogens with zero attached hydrogens (tertiary/aromatic N) is 2. The zero-order valence-electron chi connectivity index (χ0n) is 14.3. The van der Waals surface area contributed by atoms with Crippen molar-refractivity contribution >= 4 is 17.1 Å². The minimum atomic E-state index is -0.643. The molecule has 8 heteroatoms. The summed E-state index contributed by atoms with van der Waals surface area (Å²) in [4.78, 5) is 21.0. The first kappa shape index (κ1) is 17.8. The second-order valence-electron chi connectivity index (χ2n) is 6.31. The highest BCUT2D eigenvalue weighted by Gasteiger charge is 2.30. The second kappa shape index (κ2) is 7.49. The van der Waals surface area contributed by atoms with Gasteiger partial charge in [-0.2, -0.15) is 0 Å². The molecule has 0 bridgehead atoms. The van der Waals surface area contributed by atoms with Crippen molar-refractivity contribution in [3.63, 3.8) is 0 Å². The summed E-state index contributed by atoms with van der Waals surface area (Å²) in [7, 11) is 0. The van der Waals surface area contributed by atoms with Gasteiger partial charge in [0.1, 0.15) is 11.8 Å². The number of hydrogen-bond donors (Lipinski definition) is 1. The van der Waals surface area contributed by atoms with E-state index in [-0.39, 0.29) is 29.2 Å². The van der Waals surface area contributed by atoms with Crippen LogP contribution in [0.1, 0.15) is 30.1 Å². The quantitative estimate of drug-likeness (QED) is 0.636. The van der Waals surface area contributed by atoms with E-state index in [0.29, 0.717) is 6.61 Å². The number of benzene rings is 2. The number of nitrogens with one attached hydrogen (secondary N) is 1. The maximum Gasteiger partial charge on any atom is 0.299 e. The van der Waals surface area contributed by atoms with Crippen LogP contribution < -0.4 is 5.32 Å². The number of anilines is 1. The summed E-state index contributed by atoms with van der Waals surface area (Å²) in [6.45, 7) is 2.63. The Morgan fingerprint density at radius 1 is 1.08 bits per heavy atom. The summed E-state index contributed by atoms with van der Waals surface area (Å²) in [5.74, 6) is 0. The monoisotopic (exact) mass is 357 g/mol. The van der Waals surface area contributed by atoms with Gasteiger partial charge in [0.25, 0.3) is 11.4 Å². The Kier molecular flexibility index (Phi) is 5.13. The van der Waals surface area contributed by atoms with E-state index in [1.165, 1.54) is 12.1 Å². The average molecular weight is 357 g/mol. The number of nitro groups is 2. The lowest BCUT2D eigenvalue weighted by atomic mass is 9.95. The Morgan fingerprint density at radius 3 is 2.46 bits per heavy atom. The van der Waals surface area contributed by atoms with Crippen LogP contribution in [-0.2, 0) is 4.74 Å². The molecule has 0 amide bonds. The normalized spacial score (nSPS) is 19.7. The van der Waals surface area contributed by atoms with Gasteiger partial charge in [-0.15, -0.1) is 0 Å². The van der Waals surface area contributed by atoms with Gasteiger partial charge in [-0.3, -0.25) is 20.2 Å². The fourth-order valence-electron chi connectivity index (χ4n) is 3.12. The van der Waals surface area contributed by atoms with Gasteiger partial charge < -0.3 is 10.1 Å². The highest BCUT2D eigenvalue weighted by molar-refractivity contribution is 5.65. The van der Waals surface area contributed by atoms with Crippen molar-refractivity contribution in [2.75, 3.05) is 11.9 Å². The highest BCUT2D eigenvalue weighted by atomic mass is 16.6. The molecule has 1 saturated heterocycles. The van der Waals surface area contributed by atoms with Gasteiger partial charge in [0.05, 0.1) is 22.0 Å². The zero-order chi connectivity index (χ0) is 18.7. The molecule has 1 aliphatic rings. The zero-order valence-corrected chi connectivity index (χ0v) is 14.3. The summed E-state index contributed by atoms with van der Waals surface area (Å²) in [6.07, 6.45) is 1.38. The predicted molar refractivity (Wildman–Crippen MR) is 96.3 cm³/mol. The van der Waals surface area contributed by atoms with Gasteiger partial charge >= 0.3 is 0 Å². The van der Waals surface area contributed by atoms with Crippen molar-refractivity contribution in [3.8, 4) is 0 Å². The highest BCUT2D eigenvalue weighted by Crippen LogP contribution is 2.35. The van der Waals surface area contributed by atoms with Crippen molar-refractivity contribution in [1.82, 2.24) is 0 Å². The van der Waals surface area contributed by atoms with Crippen molar-refractivity contribution in [1.29, 1.82) is 0 Å². The van der Waals surface area contributed by atoms with E-state index in [4.69, 9.17) is 4.74 Å². The van der Waals surface area contributed by atoms with E-state index < -0.39 is 9.85 Å². The molecule has 2 atom stereocenters. The lowest BCUT2D eigenvalue weighted by Gasteiger charge is -2.33. The van der Waals surface area contributed by atoms with Crippen LogP contribution in [0.5, 0.6) is 0 Å². The molecule has 0 spiro atoms. The van der Waals surface area contributed by atoms with Crippen LogP contribution in [-0.4, -0.2) is 22.5 Å². The molecule has 1 N–H and O–H groups in total. The average Bonchev–Trinajstić information content (AvgIpc) is 2.63. The summed E-state index contributed by atoms with van der Waals surface area (Å²) in [5, 5.41) is 25.4. The third-order valence-corrected chi connectivity index (χ3v) is 4.46. The lowest BCUT2D eigenvalue weighted by molar-refractivity contribution is -0.393. The summed E-state index contributed by atoms with van der Waals surface area (Å²) in [6, 6.07) is 11.4. The van der Waals surface area contributed by atoms with Gasteiger partial charge in [0, 0.05) is 12.7 Å². The van der Waals surface area contributed by atoms with Crippen LogP contribution in [0, 0.1) is 27.2 Å². The third-order valence-electron chi connectivity index (χ3n) is 4.46.